The molecule has 0 spiro atoms. The topological polar surface area (TPSA) is 133 Å². The zero-order chi connectivity index (χ0) is 21.7. The molecule has 0 atom stereocenters. The molecule has 9 heteroatoms. The number of nitrogens with zero attached hydrogens (tertiary/aromatic N) is 6. The summed E-state index contributed by atoms with van der Waals surface area (Å²) < 4.78 is 3.30. The molecule has 0 saturated heterocycles. The van der Waals surface area contributed by atoms with Crippen LogP contribution in [0.5, 0.6) is 0 Å². The summed E-state index contributed by atoms with van der Waals surface area (Å²) in [6, 6.07) is 5.58. The van der Waals surface area contributed by atoms with Gasteiger partial charge in [-0.05, 0) is 31.9 Å². The first-order valence-electron chi connectivity index (χ1n) is 10.4. The van der Waals surface area contributed by atoms with E-state index in [0.717, 1.165) is 29.7 Å². The van der Waals surface area contributed by atoms with Crippen LogP contribution >= 0.6 is 0 Å². The summed E-state index contributed by atoms with van der Waals surface area (Å²) in [6.07, 6.45) is 11.1. The SMILES string of the molecule is CC.CC1(O)CCCCC1.Nc1nc(N)c2c(-c3ccn4nccc4n3)ccn2n1. The van der Waals surface area contributed by atoms with Crippen LogP contribution < -0.4 is 11.5 Å². The van der Waals surface area contributed by atoms with Crippen molar-refractivity contribution >= 4 is 22.9 Å². The molecule has 4 aromatic heterocycles. The number of rotatable bonds is 1. The van der Waals surface area contributed by atoms with Gasteiger partial charge in [-0.2, -0.15) is 10.1 Å². The molecule has 0 radical (unpaired) electrons. The van der Waals surface area contributed by atoms with E-state index in [4.69, 9.17) is 11.5 Å². The van der Waals surface area contributed by atoms with Gasteiger partial charge in [0, 0.05) is 24.0 Å². The van der Waals surface area contributed by atoms with Crippen LogP contribution in [0, 0.1) is 0 Å². The largest absolute Gasteiger partial charge is 0.390 e. The Bertz CT molecular complexity index is 1110. The minimum absolute atomic E-state index is 0.136. The molecule has 0 aromatic carbocycles. The van der Waals surface area contributed by atoms with Crippen LogP contribution in [-0.4, -0.2) is 39.9 Å². The van der Waals surface area contributed by atoms with Crippen molar-refractivity contribution in [2.75, 3.05) is 11.5 Å². The number of anilines is 2. The second-order valence-electron chi connectivity index (χ2n) is 7.38. The Morgan fingerprint density at radius 3 is 2.33 bits per heavy atom. The van der Waals surface area contributed by atoms with Crippen molar-refractivity contribution in [3.05, 3.63) is 36.8 Å². The van der Waals surface area contributed by atoms with Gasteiger partial charge in [0.2, 0.25) is 5.95 Å². The standard InChI is InChI=1S/C12H10N8.C7H14O.C2H6/c13-11-10-7(2-5-20(10)18-12(14)17-11)8-3-6-19-9(16-8)1-4-15-19;1-7(8)5-3-2-4-6-7;1-2/h1-6H,(H4,13,14,17,18);8H,2-6H2,1H3;1-2H3. The van der Waals surface area contributed by atoms with Crippen LogP contribution in [0.25, 0.3) is 22.4 Å². The molecule has 0 bridgehead atoms. The number of aliphatic hydroxyl groups is 1. The van der Waals surface area contributed by atoms with Gasteiger partial charge >= 0.3 is 0 Å². The van der Waals surface area contributed by atoms with E-state index in [2.05, 4.69) is 20.2 Å². The molecule has 9 nitrogen and oxygen atoms in total. The third kappa shape index (κ3) is 4.68. The number of aromatic nitrogens is 6. The van der Waals surface area contributed by atoms with Gasteiger partial charge in [0.05, 0.1) is 17.5 Å². The van der Waals surface area contributed by atoms with E-state index in [1.165, 1.54) is 19.3 Å². The van der Waals surface area contributed by atoms with Crippen LogP contribution in [-0.2, 0) is 0 Å². The molecule has 1 fully saturated rings. The zero-order valence-electron chi connectivity index (χ0n) is 17.8. The van der Waals surface area contributed by atoms with Crippen molar-refractivity contribution < 1.29 is 5.11 Å². The molecule has 1 aliphatic carbocycles. The average molecular weight is 411 g/mol. The maximum absolute atomic E-state index is 9.37. The molecule has 160 valence electrons. The fraction of sp³-hybridized carbons (Fsp3) is 0.429. The predicted octanol–water partition coefficient (Wildman–Crippen LogP) is 3.33. The van der Waals surface area contributed by atoms with Crippen molar-refractivity contribution in [3.8, 4) is 11.3 Å². The smallest absolute Gasteiger partial charge is 0.240 e. The molecule has 0 amide bonds. The Hall–Kier alpha value is -3.20. The minimum Gasteiger partial charge on any atom is -0.390 e. The van der Waals surface area contributed by atoms with Crippen molar-refractivity contribution in [3.63, 3.8) is 0 Å². The van der Waals surface area contributed by atoms with Crippen LogP contribution in [0.15, 0.2) is 36.8 Å². The Kier molecular flexibility index (Phi) is 6.51. The highest BCUT2D eigenvalue weighted by atomic mass is 16.3. The Morgan fingerprint density at radius 1 is 0.967 bits per heavy atom. The first-order valence-corrected chi connectivity index (χ1v) is 10.4. The normalized spacial score (nSPS) is 15.2. The highest BCUT2D eigenvalue weighted by Crippen LogP contribution is 2.28. The van der Waals surface area contributed by atoms with Gasteiger partial charge in [0.1, 0.15) is 5.52 Å². The molecule has 1 aliphatic rings. The van der Waals surface area contributed by atoms with E-state index < -0.39 is 0 Å². The lowest BCUT2D eigenvalue weighted by molar-refractivity contribution is 0.0225. The molecule has 1 saturated carbocycles. The molecule has 5 N–H and O–H groups in total. The monoisotopic (exact) mass is 410 g/mol. The van der Waals surface area contributed by atoms with E-state index in [-0.39, 0.29) is 11.5 Å². The first kappa shape index (κ1) is 21.5. The molecular weight excluding hydrogens is 380 g/mol. The van der Waals surface area contributed by atoms with E-state index in [1.807, 2.05) is 45.2 Å². The Morgan fingerprint density at radius 2 is 1.67 bits per heavy atom. The summed E-state index contributed by atoms with van der Waals surface area (Å²) in [5.41, 5.74) is 14.3. The van der Waals surface area contributed by atoms with Crippen molar-refractivity contribution in [2.24, 2.45) is 0 Å². The quantitative estimate of drug-likeness (QED) is 0.438. The van der Waals surface area contributed by atoms with Gasteiger partial charge in [0.25, 0.3) is 0 Å². The second kappa shape index (κ2) is 9.08. The Labute approximate surface area is 175 Å². The molecule has 0 aliphatic heterocycles. The number of fused-ring (bicyclic) bond motifs is 2. The van der Waals surface area contributed by atoms with Gasteiger partial charge < -0.3 is 16.6 Å². The Balaban J connectivity index is 0.000000216. The maximum atomic E-state index is 9.37. The third-order valence-electron chi connectivity index (χ3n) is 5.02. The van der Waals surface area contributed by atoms with E-state index >= 15 is 0 Å². The second-order valence-corrected chi connectivity index (χ2v) is 7.38. The highest BCUT2D eigenvalue weighted by Gasteiger charge is 2.22. The predicted molar refractivity (Wildman–Crippen MR) is 119 cm³/mol. The molecule has 4 heterocycles. The van der Waals surface area contributed by atoms with Gasteiger partial charge in [-0.1, -0.05) is 33.1 Å². The molecular formula is C21H30N8O. The number of nitrogens with two attached hydrogens (primary N) is 2. The summed E-state index contributed by atoms with van der Waals surface area (Å²) in [7, 11) is 0. The van der Waals surface area contributed by atoms with E-state index in [0.29, 0.717) is 11.3 Å². The van der Waals surface area contributed by atoms with Crippen LogP contribution in [0.3, 0.4) is 0 Å². The van der Waals surface area contributed by atoms with Gasteiger partial charge in [-0.3, -0.25) is 0 Å². The lowest BCUT2D eigenvalue weighted by Crippen LogP contribution is -2.26. The molecule has 0 unspecified atom stereocenters. The van der Waals surface area contributed by atoms with E-state index in [1.54, 1.807) is 21.4 Å². The van der Waals surface area contributed by atoms with Gasteiger partial charge in [0.15, 0.2) is 11.5 Å². The summed E-state index contributed by atoms with van der Waals surface area (Å²) >= 11 is 0. The first-order chi connectivity index (χ1) is 14.4. The van der Waals surface area contributed by atoms with Crippen LogP contribution in [0.1, 0.15) is 52.9 Å². The van der Waals surface area contributed by atoms with Crippen LogP contribution in [0.2, 0.25) is 0 Å². The number of hydrogen-bond donors (Lipinski definition) is 3. The van der Waals surface area contributed by atoms with Crippen molar-refractivity contribution in [1.29, 1.82) is 0 Å². The molecule has 30 heavy (non-hydrogen) atoms. The molecule has 4 aromatic rings. The van der Waals surface area contributed by atoms with Crippen molar-refractivity contribution in [1.82, 2.24) is 29.2 Å². The number of hydrogen-bond acceptors (Lipinski definition) is 7. The average Bonchev–Trinajstić information content (AvgIpc) is 3.36. The number of nitrogen functional groups attached to an aromatic ring is 2. The minimum atomic E-state index is -0.321. The van der Waals surface area contributed by atoms with Gasteiger partial charge in [-0.15, -0.1) is 5.10 Å². The fourth-order valence-electron chi connectivity index (χ4n) is 3.55. The third-order valence-corrected chi connectivity index (χ3v) is 5.02. The summed E-state index contributed by atoms with van der Waals surface area (Å²) in [4.78, 5) is 8.53. The van der Waals surface area contributed by atoms with Crippen molar-refractivity contribution in [2.45, 2.75) is 58.5 Å². The summed E-state index contributed by atoms with van der Waals surface area (Å²) in [6.45, 7) is 5.94. The summed E-state index contributed by atoms with van der Waals surface area (Å²) in [5.74, 6) is 0.462. The lowest BCUT2D eigenvalue weighted by atomic mass is 9.87. The van der Waals surface area contributed by atoms with E-state index in [9.17, 15) is 5.11 Å². The fourth-order valence-corrected chi connectivity index (χ4v) is 3.55. The highest BCUT2D eigenvalue weighted by molar-refractivity contribution is 5.86. The molecule has 5 rings (SSSR count). The van der Waals surface area contributed by atoms with Gasteiger partial charge in [-0.25, -0.2) is 14.0 Å². The lowest BCUT2D eigenvalue weighted by Gasteiger charge is -2.27. The maximum Gasteiger partial charge on any atom is 0.240 e. The zero-order valence-corrected chi connectivity index (χ0v) is 17.8. The van der Waals surface area contributed by atoms with Crippen LogP contribution in [0.4, 0.5) is 11.8 Å². The summed E-state index contributed by atoms with van der Waals surface area (Å²) in [5, 5.41) is 17.6.